The quantitative estimate of drug-likeness (QED) is 0.592. The number of nitrogen functional groups attached to an aromatic ring is 1. The molecule has 0 aliphatic rings. The molecule has 1 amide bonds. The van der Waals surface area contributed by atoms with E-state index < -0.39 is 0 Å². The lowest BCUT2D eigenvalue weighted by Crippen LogP contribution is -2.18. The van der Waals surface area contributed by atoms with Crippen LogP contribution in [0.2, 0.25) is 0 Å². The molecule has 4 heteroatoms. The fourth-order valence-corrected chi connectivity index (χ4v) is 2.12. The molecule has 0 heterocycles. The zero-order chi connectivity index (χ0) is 14.7. The van der Waals surface area contributed by atoms with Crippen molar-refractivity contribution in [3.05, 3.63) is 58.7 Å². The van der Waals surface area contributed by atoms with Crippen LogP contribution in [0.25, 0.3) is 0 Å². The monoisotopic (exact) mass is 269 g/mol. The lowest BCUT2D eigenvalue weighted by Gasteiger charge is -2.12. The average molecular weight is 269 g/mol. The Morgan fingerprint density at radius 2 is 1.55 bits per heavy atom. The SMILES string of the molecule is Cc1ccc(NC(=O)c2cc(C)ccc2NN)c(C)c1. The Kier molecular flexibility index (Phi) is 4.05. The van der Waals surface area contributed by atoms with Gasteiger partial charge in [-0.2, -0.15) is 0 Å². The summed E-state index contributed by atoms with van der Waals surface area (Å²) in [6.45, 7) is 5.94. The van der Waals surface area contributed by atoms with Crippen LogP contribution in [0, 0.1) is 20.8 Å². The van der Waals surface area contributed by atoms with E-state index in [4.69, 9.17) is 5.84 Å². The number of carbonyl (C=O) groups is 1. The van der Waals surface area contributed by atoms with Crippen LogP contribution in [0.5, 0.6) is 0 Å². The zero-order valence-corrected chi connectivity index (χ0v) is 11.9. The summed E-state index contributed by atoms with van der Waals surface area (Å²) in [5, 5.41) is 2.92. The summed E-state index contributed by atoms with van der Waals surface area (Å²) in [6, 6.07) is 11.4. The van der Waals surface area contributed by atoms with Crippen LogP contribution in [0.15, 0.2) is 36.4 Å². The molecular weight excluding hydrogens is 250 g/mol. The summed E-state index contributed by atoms with van der Waals surface area (Å²) >= 11 is 0. The predicted octanol–water partition coefficient (Wildman–Crippen LogP) is 3.15. The minimum absolute atomic E-state index is 0.173. The number of hydrazine groups is 1. The minimum atomic E-state index is -0.173. The molecule has 2 aromatic rings. The standard InChI is InChI=1S/C16H19N3O/c1-10-4-6-14(12(3)8-10)18-16(20)13-9-11(2)5-7-15(13)19-17/h4-9,19H,17H2,1-3H3,(H,18,20). The van der Waals surface area contributed by atoms with Crippen molar-refractivity contribution in [1.29, 1.82) is 0 Å². The van der Waals surface area contributed by atoms with Gasteiger partial charge in [0.15, 0.2) is 0 Å². The van der Waals surface area contributed by atoms with Crippen LogP contribution in [-0.4, -0.2) is 5.91 Å². The van der Waals surface area contributed by atoms with E-state index in [1.54, 1.807) is 6.07 Å². The van der Waals surface area contributed by atoms with E-state index in [2.05, 4.69) is 10.7 Å². The maximum absolute atomic E-state index is 12.4. The van der Waals surface area contributed by atoms with Crippen LogP contribution in [-0.2, 0) is 0 Å². The lowest BCUT2D eigenvalue weighted by molar-refractivity contribution is 0.102. The van der Waals surface area contributed by atoms with Crippen molar-refractivity contribution in [2.24, 2.45) is 5.84 Å². The number of hydrogen-bond acceptors (Lipinski definition) is 3. The number of rotatable bonds is 3. The summed E-state index contributed by atoms with van der Waals surface area (Å²) < 4.78 is 0. The number of carbonyl (C=O) groups excluding carboxylic acids is 1. The second kappa shape index (κ2) is 5.75. The van der Waals surface area contributed by atoms with E-state index >= 15 is 0 Å². The lowest BCUT2D eigenvalue weighted by atomic mass is 10.1. The van der Waals surface area contributed by atoms with E-state index in [-0.39, 0.29) is 5.91 Å². The summed E-state index contributed by atoms with van der Waals surface area (Å²) in [6.07, 6.45) is 0. The van der Waals surface area contributed by atoms with E-state index in [1.165, 1.54) is 5.56 Å². The number of nitrogens with one attached hydrogen (secondary N) is 2. The van der Waals surface area contributed by atoms with Gasteiger partial charge in [0.25, 0.3) is 5.91 Å². The topological polar surface area (TPSA) is 67.2 Å². The molecule has 2 rings (SSSR count). The third-order valence-corrected chi connectivity index (χ3v) is 3.21. The Morgan fingerprint density at radius 1 is 0.950 bits per heavy atom. The number of anilines is 2. The molecule has 0 saturated heterocycles. The van der Waals surface area contributed by atoms with Crippen molar-refractivity contribution >= 4 is 17.3 Å². The fraction of sp³-hybridized carbons (Fsp3) is 0.188. The third kappa shape index (κ3) is 2.97. The van der Waals surface area contributed by atoms with Gasteiger partial charge in [0.05, 0.1) is 11.3 Å². The largest absolute Gasteiger partial charge is 0.323 e. The molecule has 0 atom stereocenters. The molecule has 0 unspecified atom stereocenters. The molecule has 0 saturated carbocycles. The molecule has 0 aromatic heterocycles. The van der Waals surface area contributed by atoms with Gasteiger partial charge in [-0.05, 0) is 44.5 Å². The summed E-state index contributed by atoms with van der Waals surface area (Å²) in [5.74, 6) is 5.28. The maximum atomic E-state index is 12.4. The Bertz CT molecular complexity index is 650. The van der Waals surface area contributed by atoms with Crippen LogP contribution in [0.1, 0.15) is 27.0 Å². The first kappa shape index (κ1) is 14.1. The van der Waals surface area contributed by atoms with Gasteiger partial charge in [-0.3, -0.25) is 10.6 Å². The van der Waals surface area contributed by atoms with Gasteiger partial charge >= 0.3 is 0 Å². The first-order valence-corrected chi connectivity index (χ1v) is 6.47. The number of amides is 1. The maximum Gasteiger partial charge on any atom is 0.257 e. The molecule has 4 nitrogen and oxygen atoms in total. The van der Waals surface area contributed by atoms with E-state index in [0.29, 0.717) is 11.3 Å². The van der Waals surface area contributed by atoms with Gasteiger partial charge in [0.2, 0.25) is 0 Å². The molecule has 0 aliphatic heterocycles. The third-order valence-electron chi connectivity index (χ3n) is 3.21. The average Bonchev–Trinajstić information content (AvgIpc) is 2.41. The second-order valence-corrected chi connectivity index (χ2v) is 4.97. The van der Waals surface area contributed by atoms with Crippen molar-refractivity contribution in [3.63, 3.8) is 0 Å². The number of aryl methyl sites for hydroxylation is 3. The molecule has 0 radical (unpaired) electrons. The molecule has 20 heavy (non-hydrogen) atoms. The molecule has 4 N–H and O–H groups in total. The predicted molar refractivity (Wildman–Crippen MR) is 82.9 cm³/mol. The first-order chi connectivity index (χ1) is 9.51. The van der Waals surface area contributed by atoms with Gasteiger partial charge in [-0.15, -0.1) is 0 Å². The molecular formula is C16H19N3O. The molecule has 0 spiro atoms. The van der Waals surface area contributed by atoms with Crippen LogP contribution in [0.4, 0.5) is 11.4 Å². The van der Waals surface area contributed by atoms with Gasteiger partial charge < -0.3 is 10.7 Å². The van der Waals surface area contributed by atoms with Crippen LogP contribution >= 0.6 is 0 Å². The van der Waals surface area contributed by atoms with Gasteiger partial charge in [0.1, 0.15) is 0 Å². The Labute approximate surface area is 119 Å². The summed E-state index contributed by atoms with van der Waals surface area (Å²) in [5.41, 5.74) is 7.72. The molecule has 0 bridgehead atoms. The highest BCUT2D eigenvalue weighted by atomic mass is 16.1. The van der Waals surface area contributed by atoms with E-state index in [0.717, 1.165) is 16.8 Å². The molecule has 2 aromatic carbocycles. The molecule has 104 valence electrons. The van der Waals surface area contributed by atoms with Gasteiger partial charge in [0, 0.05) is 5.69 Å². The van der Waals surface area contributed by atoms with Crippen molar-refractivity contribution in [1.82, 2.24) is 0 Å². The Balaban J connectivity index is 2.30. The molecule has 0 fully saturated rings. The fourth-order valence-electron chi connectivity index (χ4n) is 2.12. The van der Waals surface area contributed by atoms with Crippen molar-refractivity contribution < 1.29 is 4.79 Å². The number of nitrogens with two attached hydrogens (primary N) is 1. The van der Waals surface area contributed by atoms with Crippen LogP contribution < -0.4 is 16.6 Å². The highest BCUT2D eigenvalue weighted by Crippen LogP contribution is 2.21. The Morgan fingerprint density at radius 3 is 2.15 bits per heavy atom. The smallest absolute Gasteiger partial charge is 0.257 e. The highest BCUT2D eigenvalue weighted by molar-refractivity contribution is 6.08. The Hall–Kier alpha value is -2.33. The summed E-state index contributed by atoms with van der Waals surface area (Å²) in [7, 11) is 0. The normalized spacial score (nSPS) is 10.2. The summed E-state index contributed by atoms with van der Waals surface area (Å²) in [4.78, 5) is 12.4. The van der Waals surface area contributed by atoms with Crippen molar-refractivity contribution in [3.8, 4) is 0 Å². The van der Waals surface area contributed by atoms with Crippen LogP contribution in [0.3, 0.4) is 0 Å². The van der Waals surface area contributed by atoms with Crippen molar-refractivity contribution in [2.45, 2.75) is 20.8 Å². The van der Waals surface area contributed by atoms with E-state index in [9.17, 15) is 4.79 Å². The minimum Gasteiger partial charge on any atom is -0.323 e. The van der Waals surface area contributed by atoms with E-state index in [1.807, 2.05) is 51.1 Å². The first-order valence-electron chi connectivity index (χ1n) is 6.47. The second-order valence-electron chi connectivity index (χ2n) is 4.97. The van der Waals surface area contributed by atoms with Crippen molar-refractivity contribution in [2.75, 3.05) is 10.7 Å². The van der Waals surface area contributed by atoms with Gasteiger partial charge in [-0.25, -0.2) is 0 Å². The number of hydrogen-bond donors (Lipinski definition) is 3. The van der Waals surface area contributed by atoms with Gasteiger partial charge in [-0.1, -0.05) is 29.3 Å². The zero-order valence-electron chi connectivity index (χ0n) is 11.9. The highest BCUT2D eigenvalue weighted by Gasteiger charge is 2.12. The molecule has 0 aliphatic carbocycles. The number of benzene rings is 2.